The quantitative estimate of drug-likeness (QED) is 0.410. The summed E-state index contributed by atoms with van der Waals surface area (Å²) in [4.78, 5) is 34.7. The molecule has 3 fully saturated rings. The van der Waals surface area contributed by atoms with Crippen LogP contribution in [-0.2, 0) is 14.3 Å². The molecule has 1 saturated carbocycles. The van der Waals surface area contributed by atoms with Crippen LogP contribution in [0.4, 0.5) is 5.13 Å². The summed E-state index contributed by atoms with van der Waals surface area (Å²) in [5, 5.41) is 0.715. The highest BCUT2D eigenvalue weighted by Gasteiger charge is 2.35. The van der Waals surface area contributed by atoms with Gasteiger partial charge in [-0.15, -0.1) is 0 Å². The molecule has 2 amide bonds. The van der Waals surface area contributed by atoms with Crippen LogP contribution in [0.3, 0.4) is 0 Å². The largest absolute Gasteiger partial charge is 0.493 e. The molecule has 0 radical (unpaired) electrons. The average Bonchev–Trinajstić information content (AvgIpc) is 3.25. The predicted molar refractivity (Wildman–Crippen MR) is 141 cm³/mol. The third-order valence-electron chi connectivity index (χ3n) is 7.30. The van der Waals surface area contributed by atoms with Crippen molar-refractivity contribution >= 4 is 38.5 Å². The number of nitrogens with zero attached hydrogens (tertiary/aromatic N) is 3. The first kappa shape index (κ1) is 24.2. The van der Waals surface area contributed by atoms with E-state index in [-0.39, 0.29) is 30.6 Å². The lowest BCUT2D eigenvalue weighted by Gasteiger charge is -2.23. The number of para-hydroxylation sites is 1. The molecule has 2 unspecified atom stereocenters. The molecule has 194 valence electrons. The third kappa shape index (κ3) is 5.29. The second-order valence-corrected chi connectivity index (χ2v) is 11.1. The number of aromatic nitrogens is 1. The Morgan fingerprint density at radius 3 is 2.81 bits per heavy atom. The number of methoxy groups -OCH3 is 1. The van der Waals surface area contributed by atoms with E-state index < -0.39 is 0 Å². The molecular weight excluding hydrogens is 490 g/mol. The van der Waals surface area contributed by atoms with E-state index in [4.69, 9.17) is 19.2 Å². The highest BCUT2D eigenvalue weighted by atomic mass is 32.1. The van der Waals surface area contributed by atoms with Gasteiger partial charge in [-0.3, -0.25) is 14.5 Å². The van der Waals surface area contributed by atoms with Crippen molar-refractivity contribution in [2.45, 2.75) is 44.3 Å². The van der Waals surface area contributed by atoms with Gasteiger partial charge in [0.2, 0.25) is 11.8 Å². The molecule has 6 rings (SSSR count). The van der Waals surface area contributed by atoms with E-state index in [0.717, 1.165) is 41.5 Å². The summed E-state index contributed by atoms with van der Waals surface area (Å²) in [6, 6.07) is 13.7. The molecule has 1 aliphatic carbocycles. The number of fused-ring (bicyclic) bond motifs is 1. The molecule has 3 aliphatic rings. The lowest BCUT2D eigenvalue weighted by atomic mass is 9.98. The zero-order valence-electron chi connectivity index (χ0n) is 20.9. The van der Waals surface area contributed by atoms with Crippen LogP contribution in [0.1, 0.15) is 43.6 Å². The fourth-order valence-electron chi connectivity index (χ4n) is 5.04. The van der Waals surface area contributed by atoms with Crippen molar-refractivity contribution < 1.29 is 23.8 Å². The first-order valence-corrected chi connectivity index (χ1v) is 13.8. The minimum absolute atomic E-state index is 0.00793. The second-order valence-electron chi connectivity index (χ2n) is 10.1. The molecule has 0 spiro atoms. The van der Waals surface area contributed by atoms with Crippen molar-refractivity contribution in [1.29, 1.82) is 0 Å². The van der Waals surface area contributed by atoms with Crippen LogP contribution in [-0.4, -0.2) is 61.3 Å². The van der Waals surface area contributed by atoms with E-state index in [1.165, 1.54) is 11.3 Å². The molecular formula is C28H31N3O5S. The number of anilines is 1. The van der Waals surface area contributed by atoms with E-state index in [9.17, 15) is 9.59 Å². The van der Waals surface area contributed by atoms with Gasteiger partial charge in [0.1, 0.15) is 6.54 Å². The van der Waals surface area contributed by atoms with Crippen LogP contribution >= 0.6 is 11.3 Å². The number of likely N-dealkylation sites (tertiary alicyclic amines) is 1. The van der Waals surface area contributed by atoms with Crippen LogP contribution in [0.25, 0.3) is 10.2 Å². The molecule has 0 N–H and O–H groups in total. The predicted octanol–water partition coefficient (Wildman–Crippen LogP) is 4.58. The fraction of sp³-hybridized carbons (Fsp3) is 0.464. The van der Waals surface area contributed by atoms with Gasteiger partial charge in [0.05, 0.1) is 23.9 Å². The molecule has 0 bridgehead atoms. The van der Waals surface area contributed by atoms with Gasteiger partial charge >= 0.3 is 0 Å². The molecule has 2 aromatic carbocycles. The van der Waals surface area contributed by atoms with Gasteiger partial charge in [0, 0.05) is 31.8 Å². The van der Waals surface area contributed by atoms with Gasteiger partial charge in [-0.1, -0.05) is 29.5 Å². The zero-order valence-corrected chi connectivity index (χ0v) is 21.7. The maximum absolute atomic E-state index is 13.5. The van der Waals surface area contributed by atoms with Crippen LogP contribution in [0.15, 0.2) is 42.5 Å². The molecule has 2 aliphatic heterocycles. The average molecular weight is 522 g/mol. The van der Waals surface area contributed by atoms with E-state index in [0.29, 0.717) is 48.7 Å². The molecule has 3 aromatic rings. The topological polar surface area (TPSA) is 81.2 Å². The summed E-state index contributed by atoms with van der Waals surface area (Å²) in [7, 11) is 1.61. The highest BCUT2D eigenvalue weighted by Crippen LogP contribution is 2.37. The molecule has 8 nitrogen and oxygen atoms in total. The Morgan fingerprint density at radius 1 is 1.19 bits per heavy atom. The van der Waals surface area contributed by atoms with E-state index in [2.05, 4.69) is 0 Å². The minimum atomic E-state index is -0.275. The van der Waals surface area contributed by atoms with Crippen molar-refractivity contribution in [3.05, 3.63) is 48.0 Å². The summed E-state index contributed by atoms with van der Waals surface area (Å²) >= 11 is 1.53. The van der Waals surface area contributed by atoms with Crippen LogP contribution in [0.5, 0.6) is 11.5 Å². The van der Waals surface area contributed by atoms with Crippen molar-refractivity contribution in [3.63, 3.8) is 0 Å². The Balaban J connectivity index is 1.16. The standard InChI is InChI=1S/C28H31N3O5S/c1-34-22-11-10-19(13-23(22)36-27-7-4-12-35-27)20-14-25(32)30(16-20)17-26(33)31(15-18-8-9-18)28-29-21-5-2-3-6-24(21)37-28/h2-3,5-6,10-11,13,18,20,27H,4,7-9,12,14-17H2,1H3. The van der Waals surface area contributed by atoms with E-state index in [1.54, 1.807) is 16.9 Å². The van der Waals surface area contributed by atoms with Crippen molar-refractivity contribution in [2.75, 3.05) is 38.3 Å². The number of carbonyl (C=O) groups is 2. The summed E-state index contributed by atoms with van der Waals surface area (Å²) in [5.74, 6) is 1.68. The minimum Gasteiger partial charge on any atom is -0.493 e. The van der Waals surface area contributed by atoms with Gasteiger partial charge in [0.25, 0.3) is 0 Å². The Hall–Kier alpha value is -3.17. The number of amides is 2. The highest BCUT2D eigenvalue weighted by molar-refractivity contribution is 7.22. The first-order valence-electron chi connectivity index (χ1n) is 13.0. The smallest absolute Gasteiger partial charge is 0.248 e. The van der Waals surface area contributed by atoms with Crippen LogP contribution in [0, 0.1) is 5.92 Å². The summed E-state index contributed by atoms with van der Waals surface area (Å²) in [6.07, 6.45) is 4.17. The Bertz CT molecular complexity index is 1270. The Morgan fingerprint density at radius 2 is 2.05 bits per heavy atom. The summed E-state index contributed by atoms with van der Waals surface area (Å²) < 4.78 is 18.2. The van der Waals surface area contributed by atoms with Crippen molar-refractivity contribution in [1.82, 2.24) is 9.88 Å². The van der Waals surface area contributed by atoms with Gasteiger partial charge < -0.3 is 19.1 Å². The fourth-order valence-corrected chi connectivity index (χ4v) is 6.03. The van der Waals surface area contributed by atoms with Crippen molar-refractivity contribution in [2.24, 2.45) is 5.92 Å². The van der Waals surface area contributed by atoms with Crippen LogP contribution in [0.2, 0.25) is 0 Å². The van der Waals surface area contributed by atoms with Gasteiger partial charge in [0.15, 0.2) is 22.9 Å². The number of benzene rings is 2. The van der Waals surface area contributed by atoms with Crippen LogP contribution < -0.4 is 14.4 Å². The molecule has 9 heteroatoms. The molecule has 1 aromatic heterocycles. The van der Waals surface area contributed by atoms with Gasteiger partial charge in [-0.2, -0.15) is 0 Å². The Kier molecular flexibility index (Phi) is 6.73. The SMILES string of the molecule is COc1ccc(C2CC(=O)N(CC(=O)N(CC3CC3)c3nc4ccccc4s3)C2)cc1OC1CCCO1. The monoisotopic (exact) mass is 521 g/mol. The number of thiazole rings is 1. The van der Waals surface area contributed by atoms with Crippen molar-refractivity contribution in [3.8, 4) is 11.5 Å². The van der Waals surface area contributed by atoms with Gasteiger partial charge in [-0.25, -0.2) is 4.98 Å². The lowest BCUT2D eigenvalue weighted by molar-refractivity contribution is -0.132. The zero-order chi connectivity index (χ0) is 25.4. The molecule has 37 heavy (non-hydrogen) atoms. The third-order valence-corrected chi connectivity index (χ3v) is 8.36. The number of hydrogen-bond acceptors (Lipinski definition) is 7. The summed E-state index contributed by atoms with van der Waals surface area (Å²) in [6.45, 7) is 1.91. The van der Waals surface area contributed by atoms with E-state index >= 15 is 0 Å². The molecule has 2 saturated heterocycles. The number of rotatable bonds is 9. The normalized spacial score (nSPS) is 21.5. The maximum atomic E-state index is 13.5. The molecule has 3 heterocycles. The number of carbonyl (C=O) groups excluding carboxylic acids is 2. The molecule has 2 atom stereocenters. The Labute approximate surface area is 220 Å². The maximum Gasteiger partial charge on any atom is 0.248 e. The second kappa shape index (κ2) is 10.3. The summed E-state index contributed by atoms with van der Waals surface area (Å²) in [5.41, 5.74) is 1.90. The van der Waals surface area contributed by atoms with E-state index in [1.807, 2.05) is 42.5 Å². The number of ether oxygens (including phenoxy) is 3. The van der Waals surface area contributed by atoms with Gasteiger partial charge in [-0.05, 0) is 55.0 Å². The number of hydrogen-bond donors (Lipinski definition) is 0. The lowest BCUT2D eigenvalue weighted by Crippen LogP contribution is -2.42. The first-order chi connectivity index (χ1) is 18.1.